The number of carbonyl (C=O) groups excluding carboxylic acids is 1. The summed E-state index contributed by atoms with van der Waals surface area (Å²) in [4.78, 5) is 11.9. The molecule has 1 aliphatic carbocycles. The molecule has 1 aliphatic rings. The van der Waals surface area contributed by atoms with E-state index in [1.165, 1.54) is 25.7 Å². The molecule has 0 radical (unpaired) electrons. The van der Waals surface area contributed by atoms with Crippen LogP contribution in [0.15, 0.2) is 18.2 Å². The zero-order chi connectivity index (χ0) is 15.1. The van der Waals surface area contributed by atoms with Crippen LogP contribution in [0.5, 0.6) is 11.5 Å². The van der Waals surface area contributed by atoms with Crippen LogP contribution in [-0.2, 0) is 11.3 Å². The molecule has 0 saturated heterocycles. The molecule has 0 unspecified atom stereocenters. The van der Waals surface area contributed by atoms with Crippen molar-refractivity contribution in [1.82, 2.24) is 10.6 Å². The van der Waals surface area contributed by atoms with E-state index in [2.05, 4.69) is 10.6 Å². The predicted octanol–water partition coefficient (Wildman–Crippen LogP) is 1.85. The second-order valence-electron chi connectivity index (χ2n) is 5.32. The maximum Gasteiger partial charge on any atom is 0.234 e. The van der Waals surface area contributed by atoms with E-state index in [0.29, 0.717) is 19.1 Å². The van der Waals surface area contributed by atoms with Crippen LogP contribution in [0.1, 0.15) is 31.2 Å². The average Bonchev–Trinajstić information content (AvgIpc) is 3.04. The summed E-state index contributed by atoms with van der Waals surface area (Å²) in [6.07, 6.45) is 4.89. The molecule has 0 aromatic heterocycles. The quantitative estimate of drug-likeness (QED) is 0.805. The molecule has 0 heterocycles. The molecule has 0 aliphatic heterocycles. The predicted molar refractivity (Wildman–Crippen MR) is 81.7 cm³/mol. The van der Waals surface area contributed by atoms with E-state index in [9.17, 15) is 4.79 Å². The van der Waals surface area contributed by atoms with Gasteiger partial charge in [-0.15, -0.1) is 0 Å². The topological polar surface area (TPSA) is 59.6 Å². The summed E-state index contributed by atoms with van der Waals surface area (Å²) in [6, 6.07) is 6.09. The third-order valence-corrected chi connectivity index (χ3v) is 3.88. The highest BCUT2D eigenvalue weighted by Gasteiger charge is 2.15. The highest BCUT2D eigenvalue weighted by Crippen LogP contribution is 2.24. The molecule has 1 aromatic carbocycles. The highest BCUT2D eigenvalue weighted by molar-refractivity contribution is 5.78. The molecule has 1 aromatic rings. The monoisotopic (exact) mass is 292 g/mol. The Morgan fingerprint density at radius 3 is 2.67 bits per heavy atom. The van der Waals surface area contributed by atoms with E-state index in [1.807, 2.05) is 18.2 Å². The first kappa shape index (κ1) is 15.6. The van der Waals surface area contributed by atoms with E-state index in [1.54, 1.807) is 14.2 Å². The smallest absolute Gasteiger partial charge is 0.234 e. The molecule has 5 nitrogen and oxygen atoms in total. The first-order chi connectivity index (χ1) is 10.2. The van der Waals surface area contributed by atoms with Crippen LogP contribution in [-0.4, -0.2) is 32.7 Å². The summed E-state index contributed by atoms with van der Waals surface area (Å²) in [5.41, 5.74) is 0.938. The molecule has 5 heteroatoms. The van der Waals surface area contributed by atoms with Crippen molar-refractivity contribution >= 4 is 5.91 Å². The lowest BCUT2D eigenvalue weighted by Gasteiger charge is -2.13. The third kappa shape index (κ3) is 4.63. The fraction of sp³-hybridized carbons (Fsp3) is 0.562. The second-order valence-corrected chi connectivity index (χ2v) is 5.32. The summed E-state index contributed by atoms with van der Waals surface area (Å²) in [7, 11) is 3.23. The van der Waals surface area contributed by atoms with Crippen LogP contribution >= 0.6 is 0 Å². The molecule has 1 saturated carbocycles. The standard InChI is InChI=1S/C16H24N2O3/c1-20-14-8-7-12(15(9-14)21-2)10-18-16(19)11-17-13-5-3-4-6-13/h7-9,13,17H,3-6,10-11H2,1-2H3,(H,18,19). The maximum atomic E-state index is 11.9. The van der Waals surface area contributed by atoms with Gasteiger partial charge in [0, 0.05) is 24.2 Å². The Kier molecular flexibility index (Phi) is 5.87. The van der Waals surface area contributed by atoms with E-state index < -0.39 is 0 Å². The van der Waals surface area contributed by atoms with Crippen LogP contribution in [0, 0.1) is 0 Å². The minimum absolute atomic E-state index is 0.0137. The van der Waals surface area contributed by atoms with Crippen molar-refractivity contribution in [2.75, 3.05) is 20.8 Å². The number of benzene rings is 1. The van der Waals surface area contributed by atoms with Crippen molar-refractivity contribution in [3.63, 3.8) is 0 Å². The Morgan fingerprint density at radius 2 is 2.00 bits per heavy atom. The van der Waals surface area contributed by atoms with Gasteiger partial charge >= 0.3 is 0 Å². The molecular weight excluding hydrogens is 268 g/mol. The van der Waals surface area contributed by atoms with Crippen LogP contribution in [0.25, 0.3) is 0 Å². The van der Waals surface area contributed by atoms with Crippen LogP contribution < -0.4 is 20.1 Å². The Morgan fingerprint density at radius 1 is 1.24 bits per heavy atom. The van der Waals surface area contributed by atoms with Crippen molar-refractivity contribution in [2.45, 2.75) is 38.3 Å². The molecule has 1 fully saturated rings. The van der Waals surface area contributed by atoms with Crippen molar-refractivity contribution in [3.05, 3.63) is 23.8 Å². The molecule has 0 spiro atoms. The normalized spacial score (nSPS) is 15.0. The number of nitrogens with one attached hydrogen (secondary N) is 2. The van der Waals surface area contributed by atoms with Gasteiger partial charge in [-0.05, 0) is 25.0 Å². The van der Waals surface area contributed by atoms with E-state index >= 15 is 0 Å². The third-order valence-electron chi connectivity index (χ3n) is 3.88. The molecule has 1 amide bonds. The van der Waals surface area contributed by atoms with Gasteiger partial charge in [0.25, 0.3) is 0 Å². The first-order valence-corrected chi connectivity index (χ1v) is 7.44. The van der Waals surface area contributed by atoms with Crippen LogP contribution in [0.3, 0.4) is 0 Å². The van der Waals surface area contributed by atoms with E-state index in [-0.39, 0.29) is 5.91 Å². The summed E-state index contributed by atoms with van der Waals surface area (Å²) in [5.74, 6) is 1.47. The number of methoxy groups -OCH3 is 2. The van der Waals surface area contributed by atoms with Gasteiger partial charge in [-0.25, -0.2) is 0 Å². The number of ether oxygens (including phenoxy) is 2. The first-order valence-electron chi connectivity index (χ1n) is 7.44. The van der Waals surface area contributed by atoms with Gasteiger partial charge in [0.2, 0.25) is 5.91 Å². The zero-order valence-electron chi connectivity index (χ0n) is 12.8. The lowest BCUT2D eigenvalue weighted by molar-refractivity contribution is -0.120. The summed E-state index contributed by atoms with van der Waals surface area (Å²) < 4.78 is 10.5. The highest BCUT2D eigenvalue weighted by atomic mass is 16.5. The van der Waals surface area contributed by atoms with Crippen molar-refractivity contribution in [2.24, 2.45) is 0 Å². The van der Waals surface area contributed by atoms with Gasteiger partial charge in [-0.3, -0.25) is 4.79 Å². The summed E-state index contributed by atoms with van der Waals surface area (Å²) in [5, 5.41) is 6.21. The van der Waals surface area contributed by atoms with Gasteiger partial charge in [0.1, 0.15) is 11.5 Å². The lowest BCUT2D eigenvalue weighted by atomic mass is 10.2. The second kappa shape index (κ2) is 7.88. The SMILES string of the molecule is COc1ccc(CNC(=O)CNC2CCCC2)c(OC)c1. The molecule has 0 atom stereocenters. The largest absolute Gasteiger partial charge is 0.497 e. The zero-order valence-corrected chi connectivity index (χ0v) is 12.8. The van der Waals surface area contributed by atoms with Gasteiger partial charge < -0.3 is 20.1 Å². The van der Waals surface area contributed by atoms with Crippen LogP contribution in [0.2, 0.25) is 0 Å². The summed E-state index contributed by atoms with van der Waals surface area (Å²) in [6.45, 7) is 0.835. The van der Waals surface area contributed by atoms with E-state index in [0.717, 1.165) is 17.1 Å². The fourth-order valence-electron chi connectivity index (χ4n) is 2.62. The lowest BCUT2D eigenvalue weighted by Crippen LogP contribution is -2.37. The number of rotatable bonds is 7. The average molecular weight is 292 g/mol. The number of amides is 1. The van der Waals surface area contributed by atoms with Crippen molar-refractivity contribution in [3.8, 4) is 11.5 Å². The van der Waals surface area contributed by atoms with Crippen molar-refractivity contribution < 1.29 is 14.3 Å². The minimum atomic E-state index is 0.0137. The van der Waals surface area contributed by atoms with Gasteiger partial charge in [0.05, 0.1) is 20.8 Å². The van der Waals surface area contributed by atoms with Crippen LogP contribution in [0.4, 0.5) is 0 Å². The summed E-state index contributed by atoms with van der Waals surface area (Å²) >= 11 is 0. The fourth-order valence-corrected chi connectivity index (χ4v) is 2.62. The molecule has 0 bridgehead atoms. The van der Waals surface area contributed by atoms with E-state index in [4.69, 9.17) is 9.47 Å². The molecule has 21 heavy (non-hydrogen) atoms. The Balaban J connectivity index is 1.80. The molecule has 2 rings (SSSR count). The van der Waals surface area contributed by atoms with Crippen molar-refractivity contribution in [1.29, 1.82) is 0 Å². The van der Waals surface area contributed by atoms with Gasteiger partial charge in [0.15, 0.2) is 0 Å². The maximum absolute atomic E-state index is 11.9. The molecule has 116 valence electrons. The van der Waals surface area contributed by atoms with Gasteiger partial charge in [-0.1, -0.05) is 12.8 Å². The number of carbonyl (C=O) groups is 1. The molecular formula is C16H24N2O3. The Hall–Kier alpha value is -1.75. The minimum Gasteiger partial charge on any atom is -0.497 e. The van der Waals surface area contributed by atoms with Gasteiger partial charge in [-0.2, -0.15) is 0 Å². The Bertz CT molecular complexity index is 471. The Labute approximate surface area is 126 Å². The number of hydrogen-bond donors (Lipinski definition) is 2. The number of hydrogen-bond acceptors (Lipinski definition) is 4. The molecule has 2 N–H and O–H groups in total.